The molecule has 0 saturated heterocycles. The van der Waals surface area contributed by atoms with Gasteiger partial charge >= 0.3 is 11.9 Å². The molecule has 0 aromatic heterocycles. The van der Waals surface area contributed by atoms with Crippen LogP contribution in [0.15, 0.2) is 22.4 Å². The first kappa shape index (κ1) is 17.5. The molecule has 0 bridgehead atoms. The van der Waals surface area contributed by atoms with Crippen LogP contribution in [0.2, 0.25) is 0 Å². The summed E-state index contributed by atoms with van der Waals surface area (Å²) < 4.78 is 5.47. The molecule has 1 aliphatic rings. The maximum atomic E-state index is 11.7. The Kier molecular flexibility index (Phi) is 5.80. The van der Waals surface area contributed by atoms with Crippen LogP contribution >= 0.6 is 11.6 Å². The van der Waals surface area contributed by atoms with Gasteiger partial charge in [-0.2, -0.15) is 0 Å². The predicted molar refractivity (Wildman–Crippen MR) is 75.8 cm³/mol. The van der Waals surface area contributed by atoms with E-state index in [4.69, 9.17) is 16.3 Å². The van der Waals surface area contributed by atoms with Gasteiger partial charge in [-0.3, -0.25) is 4.79 Å². The van der Waals surface area contributed by atoms with E-state index in [0.717, 1.165) is 6.42 Å². The number of allylic oxidation sites excluding steroid dienone is 2. The quantitative estimate of drug-likeness (QED) is 0.620. The molecule has 0 aromatic rings. The van der Waals surface area contributed by atoms with E-state index in [1.807, 2.05) is 6.92 Å². The number of rotatable bonds is 7. The minimum atomic E-state index is -1.83. The molecule has 0 aliphatic heterocycles. The molecule has 1 rings (SSSR count). The van der Waals surface area contributed by atoms with Gasteiger partial charge in [0.2, 0.25) is 0 Å². The maximum absolute atomic E-state index is 11.7. The van der Waals surface area contributed by atoms with Crippen LogP contribution in [0.3, 0.4) is 0 Å². The number of hydrogen-bond acceptors (Lipinski definition) is 4. The highest BCUT2D eigenvalue weighted by Gasteiger charge is 2.53. The second-order valence-electron chi connectivity index (χ2n) is 4.93. The first-order chi connectivity index (χ1) is 9.82. The molecule has 3 N–H and O–H groups in total. The fourth-order valence-electron chi connectivity index (χ4n) is 2.35. The fraction of sp³-hybridized carbons (Fsp3) is 0.571. The first-order valence-electron chi connectivity index (χ1n) is 6.65. The number of aliphatic hydroxyl groups is 1. The van der Waals surface area contributed by atoms with Crippen molar-refractivity contribution in [1.82, 2.24) is 0 Å². The molecule has 0 radical (unpaired) electrons. The number of hydrogen-bond donors (Lipinski definition) is 3. The number of carboxylic acids is 2. The van der Waals surface area contributed by atoms with Gasteiger partial charge in [0.15, 0.2) is 5.41 Å². The van der Waals surface area contributed by atoms with Crippen LogP contribution in [0.5, 0.6) is 0 Å². The molecule has 0 amide bonds. The zero-order valence-corrected chi connectivity index (χ0v) is 12.7. The van der Waals surface area contributed by atoms with E-state index in [1.165, 1.54) is 13.0 Å². The normalized spacial score (nSPS) is 25.5. The van der Waals surface area contributed by atoms with Gasteiger partial charge in [0.05, 0.1) is 23.8 Å². The molecular weight excluding hydrogens is 300 g/mol. The maximum Gasteiger partial charge on any atom is 0.333 e. The summed E-state index contributed by atoms with van der Waals surface area (Å²) in [7, 11) is 0. The lowest BCUT2D eigenvalue weighted by molar-refractivity contribution is -0.155. The number of ether oxygens (including phenoxy) is 1. The van der Waals surface area contributed by atoms with Gasteiger partial charge in [-0.1, -0.05) is 31.9 Å². The summed E-state index contributed by atoms with van der Waals surface area (Å²) in [5, 5.41) is 28.3. The molecule has 7 heteroatoms. The van der Waals surface area contributed by atoms with E-state index in [2.05, 4.69) is 0 Å². The molecule has 118 valence electrons. The molecule has 2 unspecified atom stereocenters. The monoisotopic (exact) mass is 318 g/mol. The van der Waals surface area contributed by atoms with E-state index in [1.54, 1.807) is 0 Å². The molecule has 1 aliphatic carbocycles. The number of aliphatic hydroxyl groups excluding tert-OH is 1. The molecule has 2 atom stereocenters. The van der Waals surface area contributed by atoms with Crippen LogP contribution in [0, 0.1) is 11.3 Å². The Balaban J connectivity index is 3.34. The third kappa shape index (κ3) is 3.06. The minimum Gasteiger partial charge on any atom is -0.497 e. The third-order valence-corrected chi connectivity index (χ3v) is 4.06. The standard InChI is InChI=1S/C14H19ClO6/c1-3-4-5-21-10-6-9(15)11(12(17)18)8(2)14(10,7-16)13(19)20/h6,8,16H,3-5,7H2,1-2H3,(H,17,18)(H,19,20). The molecule has 0 saturated carbocycles. The van der Waals surface area contributed by atoms with E-state index in [9.17, 15) is 24.9 Å². The predicted octanol–water partition coefficient (Wildman–Crippen LogP) is 1.98. The summed E-state index contributed by atoms with van der Waals surface area (Å²) in [5.41, 5.74) is -2.07. The lowest BCUT2D eigenvalue weighted by atomic mass is 9.69. The van der Waals surface area contributed by atoms with Gasteiger partial charge in [-0.15, -0.1) is 0 Å². The Bertz CT molecular complexity index is 496. The van der Waals surface area contributed by atoms with E-state index < -0.39 is 29.9 Å². The summed E-state index contributed by atoms with van der Waals surface area (Å²) in [6, 6.07) is 0. The molecule has 0 spiro atoms. The second kappa shape index (κ2) is 6.95. The number of unbranched alkanes of at least 4 members (excludes halogenated alkanes) is 1. The zero-order chi connectivity index (χ0) is 16.2. The van der Waals surface area contributed by atoms with Crippen molar-refractivity contribution in [2.45, 2.75) is 26.7 Å². The van der Waals surface area contributed by atoms with Crippen molar-refractivity contribution in [3.8, 4) is 0 Å². The molecule has 0 fully saturated rings. The highest BCUT2D eigenvalue weighted by atomic mass is 35.5. The summed E-state index contributed by atoms with van der Waals surface area (Å²) in [4.78, 5) is 23.0. The summed E-state index contributed by atoms with van der Waals surface area (Å²) in [5.74, 6) is -3.68. The van der Waals surface area contributed by atoms with Crippen LogP contribution in [0.25, 0.3) is 0 Å². The Labute approximate surface area is 127 Å². The largest absolute Gasteiger partial charge is 0.497 e. The van der Waals surface area contributed by atoms with Crippen molar-refractivity contribution in [2.75, 3.05) is 13.2 Å². The van der Waals surface area contributed by atoms with Gasteiger partial charge in [-0.05, 0) is 12.5 Å². The van der Waals surface area contributed by atoms with Crippen LogP contribution in [-0.2, 0) is 14.3 Å². The average molecular weight is 319 g/mol. The van der Waals surface area contributed by atoms with Crippen molar-refractivity contribution < 1.29 is 29.6 Å². The van der Waals surface area contributed by atoms with Crippen molar-refractivity contribution in [3.05, 3.63) is 22.4 Å². The topological polar surface area (TPSA) is 104 Å². The summed E-state index contributed by atoms with van der Waals surface area (Å²) in [6.07, 6.45) is 2.75. The van der Waals surface area contributed by atoms with Crippen LogP contribution in [0.1, 0.15) is 26.7 Å². The molecule has 21 heavy (non-hydrogen) atoms. The SMILES string of the molecule is CCCCOC1=CC(Cl)=C(C(=O)O)C(C)C1(CO)C(=O)O. The van der Waals surface area contributed by atoms with Gasteiger partial charge in [0.25, 0.3) is 0 Å². The van der Waals surface area contributed by atoms with E-state index >= 15 is 0 Å². The highest BCUT2D eigenvalue weighted by molar-refractivity contribution is 6.33. The van der Waals surface area contributed by atoms with Crippen molar-refractivity contribution >= 4 is 23.5 Å². The van der Waals surface area contributed by atoms with Crippen molar-refractivity contribution in [3.63, 3.8) is 0 Å². The van der Waals surface area contributed by atoms with Gasteiger partial charge in [0.1, 0.15) is 5.76 Å². The Morgan fingerprint density at radius 2 is 2.05 bits per heavy atom. The second-order valence-corrected chi connectivity index (χ2v) is 5.34. The smallest absolute Gasteiger partial charge is 0.333 e. The minimum absolute atomic E-state index is 0.00606. The van der Waals surface area contributed by atoms with Gasteiger partial charge in [-0.25, -0.2) is 4.79 Å². The summed E-state index contributed by atoms with van der Waals surface area (Å²) >= 11 is 5.94. The number of aliphatic carboxylic acids is 2. The van der Waals surface area contributed by atoms with Gasteiger partial charge in [0, 0.05) is 5.92 Å². The Hall–Kier alpha value is -1.53. The molecular formula is C14H19ClO6. The lowest BCUT2D eigenvalue weighted by Gasteiger charge is -2.38. The highest BCUT2D eigenvalue weighted by Crippen LogP contribution is 2.46. The van der Waals surface area contributed by atoms with Crippen LogP contribution in [-0.4, -0.2) is 40.5 Å². The van der Waals surface area contributed by atoms with Crippen LogP contribution < -0.4 is 0 Å². The van der Waals surface area contributed by atoms with Gasteiger partial charge < -0.3 is 20.1 Å². The molecule has 0 heterocycles. The van der Waals surface area contributed by atoms with Crippen molar-refractivity contribution in [2.24, 2.45) is 11.3 Å². The molecule has 0 aromatic carbocycles. The van der Waals surface area contributed by atoms with Crippen molar-refractivity contribution in [1.29, 1.82) is 0 Å². The van der Waals surface area contributed by atoms with E-state index in [-0.39, 0.29) is 23.0 Å². The zero-order valence-electron chi connectivity index (χ0n) is 11.9. The van der Waals surface area contributed by atoms with Crippen LogP contribution in [0.4, 0.5) is 0 Å². The number of carbonyl (C=O) groups is 2. The molecule has 6 nitrogen and oxygen atoms in total. The van der Waals surface area contributed by atoms with E-state index in [0.29, 0.717) is 6.42 Å². The summed E-state index contributed by atoms with van der Waals surface area (Å²) in [6.45, 7) is 2.86. The fourth-order valence-corrected chi connectivity index (χ4v) is 2.69. The average Bonchev–Trinajstić information content (AvgIpc) is 2.38. The number of carboxylic acid groups (broad SMARTS) is 2. The Morgan fingerprint density at radius 1 is 1.43 bits per heavy atom. The Morgan fingerprint density at radius 3 is 2.48 bits per heavy atom. The third-order valence-electron chi connectivity index (χ3n) is 3.74. The lowest BCUT2D eigenvalue weighted by Crippen LogP contribution is -2.47. The number of halogens is 1. The first-order valence-corrected chi connectivity index (χ1v) is 7.02.